The summed E-state index contributed by atoms with van der Waals surface area (Å²) in [5.74, 6) is -0.165. The number of aryl methyl sites for hydroxylation is 1. The van der Waals surface area contributed by atoms with Gasteiger partial charge in [-0.3, -0.25) is 14.2 Å². The highest BCUT2D eigenvalue weighted by molar-refractivity contribution is 7.20. The van der Waals surface area contributed by atoms with Crippen molar-refractivity contribution in [3.63, 3.8) is 0 Å². The fourth-order valence-electron chi connectivity index (χ4n) is 2.67. The molecule has 0 aliphatic rings. The van der Waals surface area contributed by atoms with E-state index in [-0.39, 0.29) is 17.0 Å². The smallest absolute Gasteiger partial charge is 0.262 e. The van der Waals surface area contributed by atoms with Gasteiger partial charge in [-0.2, -0.15) is 0 Å². The lowest BCUT2D eigenvalue weighted by molar-refractivity contribution is 0.0923. The van der Waals surface area contributed by atoms with E-state index < -0.39 is 0 Å². The third-order valence-corrected chi connectivity index (χ3v) is 5.01. The van der Waals surface area contributed by atoms with Gasteiger partial charge in [-0.1, -0.05) is 30.3 Å². The van der Waals surface area contributed by atoms with Crippen molar-refractivity contribution < 1.29 is 4.79 Å². The number of nitrogens with one attached hydrogen (secondary N) is 1. The molecule has 1 amide bonds. The van der Waals surface area contributed by atoms with Gasteiger partial charge < -0.3 is 5.32 Å². The van der Waals surface area contributed by atoms with Crippen LogP contribution in [0.4, 0.5) is 0 Å². The van der Waals surface area contributed by atoms with Gasteiger partial charge in [-0.05, 0) is 38.8 Å². The summed E-state index contributed by atoms with van der Waals surface area (Å²) in [7, 11) is 0. The molecule has 0 aliphatic carbocycles. The number of hydrogen-bond acceptors (Lipinski definition) is 4. The van der Waals surface area contributed by atoms with E-state index in [1.165, 1.54) is 11.3 Å². The summed E-state index contributed by atoms with van der Waals surface area (Å²) >= 11 is 1.27. The van der Waals surface area contributed by atoms with E-state index in [0.717, 1.165) is 5.56 Å². The van der Waals surface area contributed by atoms with Crippen molar-refractivity contribution in [2.75, 3.05) is 0 Å². The zero-order valence-corrected chi connectivity index (χ0v) is 15.6. The Kier molecular flexibility index (Phi) is 4.47. The van der Waals surface area contributed by atoms with E-state index in [1.54, 1.807) is 10.9 Å². The van der Waals surface area contributed by atoms with Gasteiger partial charge in [-0.25, -0.2) is 4.98 Å². The molecule has 2 heterocycles. The van der Waals surface area contributed by atoms with Gasteiger partial charge in [0.1, 0.15) is 4.83 Å². The van der Waals surface area contributed by atoms with Crippen molar-refractivity contribution in [1.29, 1.82) is 0 Å². The molecule has 0 atom stereocenters. The summed E-state index contributed by atoms with van der Waals surface area (Å²) in [5, 5.41) is 3.48. The highest BCUT2D eigenvalue weighted by Crippen LogP contribution is 2.27. The second kappa shape index (κ2) is 6.44. The molecule has 1 aromatic carbocycles. The van der Waals surface area contributed by atoms with Crippen molar-refractivity contribution in [3.05, 3.63) is 63.0 Å². The van der Waals surface area contributed by atoms with Gasteiger partial charge >= 0.3 is 0 Å². The first-order valence-corrected chi connectivity index (χ1v) is 8.93. The van der Waals surface area contributed by atoms with Gasteiger partial charge in [0.05, 0.1) is 23.1 Å². The zero-order chi connectivity index (χ0) is 18.2. The Bertz CT molecular complexity index is 982. The van der Waals surface area contributed by atoms with Crippen LogP contribution in [0, 0.1) is 6.92 Å². The van der Waals surface area contributed by atoms with Crippen LogP contribution in [0.1, 0.15) is 41.6 Å². The first-order valence-electron chi connectivity index (χ1n) is 8.11. The molecule has 0 spiro atoms. The maximum absolute atomic E-state index is 12.9. The first-order chi connectivity index (χ1) is 11.8. The maximum atomic E-state index is 12.9. The predicted molar refractivity (Wildman–Crippen MR) is 101 cm³/mol. The lowest BCUT2D eigenvalue weighted by Gasteiger charge is -2.20. The zero-order valence-electron chi connectivity index (χ0n) is 14.8. The summed E-state index contributed by atoms with van der Waals surface area (Å²) in [4.78, 5) is 30.9. The van der Waals surface area contributed by atoms with Crippen molar-refractivity contribution in [1.82, 2.24) is 14.9 Å². The van der Waals surface area contributed by atoms with Crippen LogP contribution in [0.2, 0.25) is 0 Å². The number of carbonyl (C=O) groups excluding carboxylic acids is 1. The lowest BCUT2D eigenvalue weighted by atomic mass is 10.1. The third kappa shape index (κ3) is 3.64. The van der Waals surface area contributed by atoms with Gasteiger partial charge in [0.25, 0.3) is 11.5 Å². The topological polar surface area (TPSA) is 64.0 Å². The Morgan fingerprint density at radius 1 is 1.24 bits per heavy atom. The monoisotopic (exact) mass is 355 g/mol. The number of thiophene rings is 1. The Morgan fingerprint density at radius 2 is 1.92 bits per heavy atom. The Balaban J connectivity index is 2.03. The number of nitrogens with zero attached hydrogens (tertiary/aromatic N) is 2. The minimum Gasteiger partial charge on any atom is -0.347 e. The highest BCUT2D eigenvalue weighted by atomic mass is 32.1. The molecule has 0 bridgehead atoms. The number of benzene rings is 1. The van der Waals surface area contributed by atoms with Crippen LogP contribution in [-0.4, -0.2) is 21.0 Å². The minimum atomic E-state index is -0.333. The van der Waals surface area contributed by atoms with Crippen molar-refractivity contribution in [3.8, 4) is 0 Å². The number of amides is 1. The molecule has 5 nitrogen and oxygen atoms in total. The number of aromatic nitrogens is 2. The fraction of sp³-hybridized carbons (Fsp3) is 0.316. The van der Waals surface area contributed by atoms with Crippen molar-refractivity contribution >= 4 is 27.5 Å². The summed E-state index contributed by atoms with van der Waals surface area (Å²) in [6, 6.07) is 9.77. The van der Waals surface area contributed by atoms with Crippen LogP contribution in [0.5, 0.6) is 0 Å². The summed E-state index contributed by atoms with van der Waals surface area (Å²) < 4.78 is 1.59. The largest absolute Gasteiger partial charge is 0.347 e. The summed E-state index contributed by atoms with van der Waals surface area (Å²) in [6.07, 6.45) is 1.55. The van der Waals surface area contributed by atoms with Gasteiger partial charge in [0.2, 0.25) is 0 Å². The lowest BCUT2D eigenvalue weighted by Crippen LogP contribution is -2.40. The van der Waals surface area contributed by atoms with E-state index in [4.69, 9.17) is 0 Å². The van der Waals surface area contributed by atoms with Crippen LogP contribution in [-0.2, 0) is 6.54 Å². The Hall–Kier alpha value is -2.47. The molecule has 130 valence electrons. The average Bonchev–Trinajstić information content (AvgIpc) is 2.87. The van der Waals surface area contributed by atoms with E-state index in [9.17, 15) is 9.59 Å². The van der Waals surface area contributed by atoms with Gasteiger partial charge in [0, 0.05) is 5.54 Å². The SMILES string of the molecule is Cc1c(C(=O)NC(C)(C)C)sc2ncn(Cc3ccccc3)c(=O)c12. The molecule has 2 aromatic heterocycles. The van der Waals surface area contributed by atoms with Gasteiger partial charge in [0.15, 0.2) is 0 Å². The molecule has 25 heavy (non-hydrogen) atoms. The molecular formula is C19H21N3O2S. The molecule has 3 aromatic rings. The molecule has 0 fully saturated rings. The standard InChI is InChI=1S/C19H21N3O2S/c1-12-14-17(25-15(12)16(23)21-19(2,3)4)20-11-22(18(14)24)10-13-8-6-5-7-9-13/h5-9,11H,10H2,1-4H3,(H,21,23). The quantitative estimate of drug-likeness (QED) is 0.784. The summed E-state index contributed by atoms with van der Waals surface area (Å²) in [5.41, 5.74) is 1.28. The van der Waals surface area contributed by atoms with Crippen LogP contribution in [0.15, 0.2) is 41.5 Å². The molecule has 0 saturated heterocycles. The van der Waals surface area contributed by atoms with Crippen LogP contribution in [0.3, 0.4) is 0 Å². The highest BCUT2D eigenvalue weighted by Gasteiger charge is 2.22. The van der Waals surface area contributed by atoms with E-state index in [0.29, 0.717) is 27.2 Å². The second-order valence-electron chi connectivity index (χ2n) is 7.10. The number of rotatable bonds is 3. The predicted octanol–water partition coefficient (Wildman–Crippen LogP) is 3.34. The van der Waals surface area contributed by atoms with Crippen molar-refractivity contribution in [2.24, 2.45) is 0 Å². The second-order valence-corrected chi connectivity index (χ2v) is 8.10. The molecule has 0 aliphatic heterocycles. The number of fused-ring (bicyclic) bond motifs is 1. The number of carbonyl (C=O) groups is 1. The van der Waals surface area contributed by atoms with E-state index in [1.807, 2.05) is 58.0 Å². The van der Waals surface area contributed by atoms with Crippen LogP contribution < -0.4 is 10.9 Å². The van der Waals surface area contributed by atoms with Crippen LogP contribution in [0.25, 0.3) is 10.2 Å². The van der Waals surface area contributed by atoms with E-state index in [2.05, 4.69) is 10.3 Å². The minimum absolute atomic E-state index is 0.114. The third-order valence-electron chi connectivity index (χ3n) is 3.81. The average molecular weight is 355 g/mol. The molecule has 3 rings (SSSR count). The molecular weight excluding hydrogens is 334 g/mol. The number of hydrogen-bond donors (Lipinski definition) is 1. The maximum Gasteiger partial charge on any atom is 0.262 e. The fourth-order valence-corrected chi connectivity index (χ4v) is 3.70. The molecule has 0 unspecified atom stereocenters. The van der Waals surface area contributed by atoms with Crippen molar-refractivity contribution in [2.45, 2.75) is 39.8 Å². The van der Waals surface area contributed by atoms with E-state index >= 15 is 0 Å². The van der Waals surface area contributed by atoms with Crippen LogP contribution >= 0.6 is 11.3 Å². The summed E-state index contributed by atoms with van der Waals surface area (Å²) in [6.45, 7) is 8.06. The molecule has 1 N–H and O–H groups in total. The molecule has 0 saturated carbocycles. The molecule has 6 heteroatoms. The molecule has 0 radical (unpaired) electrons. The Morgan fingerprint density at radius 3 is 2.56 bits per heavy atom. The van der Waals surface area contributed by atoms with Gasteiger partial charge in [-0.15, -0.1) is 11.3 Å². The first kappa shape index (κ1) is 17.4. The normalized spacial score (nSPS) is 11.7. The Labute approximate surface area is 150 Å².